The monoisotopic (exact) mass is 281 g/mol. The van der Waals surface area contributed by atoms with Crippen molar-refractivity contribution in [2.75, 3.05) is 5.73 Å². The van der Waals surface area contributed by atoms with Gasteiger partial charge in [-0.15, -0.1) is 12.6 Å². The van der Waals surface area contributed by atoms with Gasteiger partial charge in [-0.1, -0.05) is 0 Å². The Morgan fingerprint density at radius 3 is 2.30 bits per heavy atom. The second-order valence-electron chi connectivity index (χ2n) is 1.83. The van der Waals surface area contributed by atoms with Crippen molar-refractivity contribution in [3.05, 3.63) is 21.1 Å². The van der Waals surface area contributed by atoms with E-state index in [4.69, 9.17) is 5.73 Å². The summed E-state index contributed by atoms with van der Waals surface area (Å²) in [6.45, 7) is 0. The maximum absolute atomic E-state index is 5.58. The third-order valence-corrected chi connectivity index (χ3v) is 3.09. The van der Waals surface area contributed by atoms with E-state index in [0.29, 0.717) is 5.69 Å². The molecule has 1 rings (SSSR count). The highest BCUT2D eigenvalue weighted by atomic mass is 79.9. The number of anilines is 1. The van der Waals surface area contributed by atoms with Crippen molar-refractivity contribution < 1.29 is 0 Å². The smallest absolute Gasteiger partial charge is 0.0470 e. The van der Waals surface area contributed by atoms with Gasteiger partial charge in [0.2, 0.25) is 0 Å². The molecule has 0 unspecified atom stereocenters. The SMILES string of the molecule is Nc1cc(Br)c(S)cc1Br. The maximum atomic E-state index is 5.58. The summed E-state index contributed by atoms with van der Waals surface area (Å²) in [5.41, 5.74) is 6.29. The van der Waals surface area contributed by atoms with Crippen molar-refractivity contribution in [1.82, 2.24) is 0 Å². The molecule has 0 aromatic heterocycles. The van der Waals surface area contributed by atoms with Crippen LogP contribution in [0.1, 0.15) is 0 Å². The number of hydrogen-bond donors (Lipinski definition) is 2. The molecule has 0 fully saturated rings. The van der Waals surface area contributed by atoms with Gasteiger partial charge in [0.15, 0.2) is 0 Å². The lowest BCUT2D eigenvalue weighted by Gasteiger charge is -2.00. The summed E-state index contributed by atoms with van der Waals surface area (Å²) in [5, 5.41) is 0. The number of rotatable bonds is 0. The molecule has 0 radical (unpaired) electrons. The van der Waals surface area contributed by atoms with Gasteiger partial charge in [-0.3, -0.25) is 0 Å². The Hall–Kier alpha value is 0.330. The second-order valence-corrected chi connectivity index (χ2v) is 4.02. The van der Waals surface area contributed by atoms with Gasteiger partial charge in [0.05, 0.1) is 0 Å². The molecule has 10 heavy (non-hydrogen) atoms. The van der Waals surface area contributed by atoms with E-state index in [1.54, 1.807) is 0 Å². The summed E-state index contributed by atoms with van der Waals surface area (Å²) in [6, 6.07) is 3.66. The van der Waals surface area contributed by atoms with Crippen molar-refractivity contribution in [2.45, 2.75) is 4.90 Å². The van der Waals surface area contributed by atoms with Gasteiger partial charge in [-0.05, 0) is 44.0 Å². The summed E-state index contributed by atoms with van der Waals surface area (Å²) < 4.78 is 1.79. The minimum atomic E-state index is 0.713. The lowest BCUT2D eigenvalue weighted by atomic mass is 10.3. The van der Waals surface area contributed by atoms with Crippen LogP contribution >= 0.6 is 44.5 Å². The molecular weight excluding hydrogens is 278 g/mol. The molecule has 0 aliphatic carbocycles. The van der Waals surface area contributed by atoms with E-state index in [2.05, 4.69) is 44.5 Å². The fraction of sp³-hybridized carbons (Fsp3) is 0. The minimum absolute atomic E-state index is 0.713. The molecule has 4 heteroatoms. The molecule has 0 saturated carbocycles. The number of hydrogen-bond acceptors (Lipinski definition) is 2. The molecule has 1 aromatic rings. The van der Waals surface area contributed by atoms with Crippen molar-refractivity contribution >= 4 is 50.2 Å². The van der Waals surface area contributed by atoms with E-state index >= 15 is 0 Å². The van der Waals surface area contributed by atoms with Crippen LogP contribution in [-0.2, 0) is 0 Å². The van der Waals surface area contributed by atoms with Crippen LogP contribution in [0.2, 0.25) is 0 Å². The summed E-state index contributed by atoms with van der Waals surface area (Å²) in [4.78, 5) is 0.876. The molecule has 0 heterocycles. The number of benzene rings is 1. The van der Waals surface area contributed by atoms with E-state index < -0.39 is 0 Å². The Morgan fingerprint density at radius 2 is 1.80 bits per heavy atom. The summed E-state index contributed by atoms with van der Waals surface area (Å²) >= 11 is 10.8. The fourth-order valence-corrected chi connectivity index (χ4v) is 1.63. The first-order valence-corrected chi connectivity index (χ1v) is 4.58. The molecule has 1 aromatic carbocycles. The molecule has 0 spiro atoms. The van der Waals surface area contributed by atoms with Crippen LogP contribution in [0, 0.1) is 0 Å². The van der Waals surface area contributed by atoms with Gasteiger partial charge in [-0.2, -0.15) is 0 Å². The third kappa shape index (κ3) is 1.68. The Kier molecular flexibility index (Phi) is 2.66. The number of nitrogen functional groups attached to an aromatic ring is 1. The zero-order valence-electron chi connectivity index (χ0n) is 4.94. The molecule has 0 saturated heterocycles. The summed E-state index contributed by atoms with van der Waals surface area (Å²) in [6.07, 6.45) is 0. The van der Waals surface area contributed by atoms with Gasteiger partial charge < -0.3 is 5.73 Å². The lowest BCUT2D eigenvalue weighted by molar-refractivity contribution is 1.40. The van der Waals surface area contributed by atoms with Gasteiger partial charge in [0, 0.05) is 19.5 Å². The Balaban J connectivity index is 3.28. The normalized spacial score (nSPS) is 9.90. The topological polar surface area (TPSA) is 26.0 Å². The highest BCUT2D eigenvalue weighted by molar-refractivity contribution is 9.11. The first kappa shape index (κ1) is 8.43. The second kappa shape index (κ2) is 3.15. The number of thiol groups is 1. The van der Waals surface area contributed by atoms with E-state index in [-0.39, 0.29) is 0 Å². The van der Waals surface area contributed by atoms with Crippen LogP contribution in [0.15, 0.2) is 26.0 Å². The van der Waals surface area contributed by atoms with Crippen LogP contribution < -0.4 is 5.73 Å². The van der Waals surface area contributed by atoms with E-state index in [0.717, 1.165) is 13.8 Å². The van der Waals surface area contributed by atoms with Crippen molar-refractivity contribution in [1.29, 1.82) is 0 Å². The largest absolute Gasteiger partial charge is 0.398 e. The number of nitrogens with two attached hydrogens (primary N) is 1. The third-order valence-electron chi connectivity index (χ3n) is 1.07. The zero-order valence-corrected chi connectivity index (χ0v) is 9.00. The molecule has 0 bridgehead atoms. The minimum Gasteiger partial charge on any atom is -0.398 e. The van der Waals surface area contributed by atoms with Crippen molar-refractivity contribution in [3.8, 4) is 0 Å². The first-order valence-electron chi connectivity index (χ1n) is 2.54. The average Bonchev–Trinajstić information content (AvgIpc) is 1.84. The molecule has 0 amide bonds. The van der Waals surface area contributed by atoms with Crippen LogP contribution in [0.3, 0.4) is 0 Å². The molecule has 0 atom stereocenters. The lowest BCUT2D eigenvalue weighted by Crippen LogP contribution is -1.86. The average molecular weight is 283 g/mol. The highest BCUT2D eigenvalue weighted by Crippen LogP contribution is 2.29. The standard InChI is InChI=1S/C6H5Br2NS/c7-3-2-6(10)4(8)1-5(3)9/h1-2,10H,9H2. The predicted molar refractivity (Wildman–Crippen MR) is 53.5 cm³/mol. The van der Waals surface area contributed by atoms with Crippen LogP contribution in [0.5, 0.6) is 0 Å². The molecule has 1 nitrogen and oxygen atoms in total. The summed E-state index contributed by atoms with van der Waals surface area (Å²) in [7, 11) is 0. The van der Waals surface area contributed by atoms with Crippen molar-refractivity contribution in [2.24, 2.45) is 0 Å². The van der Waals surface area contributed by atoms with Gasteiger partial charge in [0.25, 0.3) is 0 Å². The Bertz CT molecular complexity index is 212. The first-order chi connectivity index (χ1) is 4.61. The Morgan fingerprint density at radius 1 is 1.20 bits per heavy atom. The number of halogens is 2. The van der Waals surface area contributed by atoms with Crippen LogP contribution in [0.25, 0.3) is 0 Å². The van der Waals surface area contributed by atoms with E-state index in [9.17, 15) is 0 Å². The molecule has 54 valence electrons. The highest BCUT2D eigenvalue weighted by Gasteiger charge is 1.99. The predicted octanol–water partition coefficient (Wildman–Crippen LogP) is 3.08. The molecule has 0 aliphatic rings. The molecule has 0 aliphatic heterocycles. The van der Waals surface area contributed by atoms with Crippen molar-refractivity contribution in [3.63, 3.8) is 0 Å². The zero-order chi connectivity index (χ0) is 7.72. The maximum Gasteiger partial charge on any atom is 0.0470 e. The van der Waals surface area contributed by atoms with E-state index in [1.165, 1.54) is 0 Å². The molecule has 2 N–H and O–H groups in total. The van der Waals surface area contributed by atoms with Gasteiger partial charge in [0.1, 0.15) is 0 Å². The Labute approximate surface area is 81.7 Å². The molecular formula is C6H5Br2NS. The quantitative estimate of drug-likeness (QED) is 0.555. The van der Waals surface area contributed by atoms with E-state index in [1.807, 2.05) is 12.1 Å². The van der Waals surface area contributed by atoms with Crippen LogP contribution in [0.4, 0.5) is 5.69 Å². The van der Waals surface area contributed by atoms with Crippen LogP contribution in [-0.4, -0.2) is 0 Å². The fourth-order valence-electron chi connectivity index (χ4n) is 0.552. The van der Waals surface area contributed by atoms with Gasteiger partial charge >= 0.3 is 0 Å². The van der Waals surface area contributed by atoms with Gasteiger partial charge in [-0.25, -0.2) is 0 Å². The summed E-state index contributed by atoms with van der Waals surface area (Å²) in [5.74, 6) is 0.